The highest BCUT2D eigenvalue weighted by Crippen LogP contribution is 2.73. The summed E-state index contributed by atoms with van der Waals surface area (Å²) in [6.07, 6.45) is 6.22. The second-order valence-electron chi connectivity index (χ2n) is 11.0. The number of ketones is 1. The van der Waals surface area contributed by atoms with Gasteiger partial charge in [0, 0.05) is 23.4 Å². The molecule has 2 aliphatic heterocycles. The molecule has 8 heteroatoms. The van der Waals surface area contributed by atoms with E-state index in [4.69, 9.17) is 4.74 Å². The van der Waals surface area contributed by atoms with Crippen LogP contribution < -0.4 is 0 Å². The van der Waals surface area contributed by atoms with Gasteiger partial charge in [0.15, 0.2) is 0 Å². The molecule has 0 amide bonds. The van der Waals surface area contributed by atoms with Crippen molar-refractivity contribution in [1.82, 2.24) is 15.0 Å². The summed E-state index contributed by atoms with van der Waals surface area (Å²) in [6.45, 7) is 11.5. The molecule has 3 N–H and O–H groups in total. The summed E-state index contributed by atoms with van der Waals surface area (Å²) in [5.74, 6) is -3.70. The fourth-order valence-electron chi connectivity index (χ4n) is 8.11. The second-order valence-corrected chi connectivity index (χ2v) is 11.0. The van der Waals surface area contributed by atoms with Crippen LogP contribution in [0.3, 0.4) is 0 Å². The first kappa shape index (κ1) is 21.9. The van der Waals surface area contributed by atoms with Crippen molar-refractivity contribution in [1.29, 1.82) is 0 Å². The predicted octanol–water partition coefficient (Wildman–Crippen LogP) is 1.65. The fourth-order valence-corrected chi connectivity index (χ4v) is 8.11. The predicted molar refractivity (Wildman–Crippen MR) is 115 cm³/mol. The first-order valence-electron chi connectivity index (χ1n) is 11.4. The van der Waals surface area contributed by atoms with E-state index in [1.807, 2.05) is 26.8 Å². The van der Waals surface area contributed by atoms with Crippen LogP contribution in [-0.2, 0) is 9.53 Å². The first-order chi connectivity index (χ1) is 15.0. The van der Waals surface area contributed by atoms with E-state index in [1.54, 1.807) is 17.1 Å². The molecule has 0 radical (unpaired) electrons. The van der Waals surface area contributed by atoms with Gasteiger partial charge in [0.25, 0.3) is 0 Å². The normalized spacial score (nSPS) is 48.7. The van der Waals surface area contributed by atoms with Crippen LogP contribution >= 0.6 is 0 Å². The third-order valence-electron chi connectivity index (χ3n) is 9.34. The lowest BCUT2D eigenvalue weighted by Crippen LogP contribution is -2.85. The van der Waals surface area contributed by atoms with E-state index >= 15 is 0 Å². The monoisotopic (exact) mass is 443 g/mol. The van der Waals surface area contributed by atoms with Crippen molar-refractivity contribution in [2.24, 2.45) is 34.0 Å². The van der Waals surface area contributed by atoms with Crippen LogP contribution in [0.25, 0.3) is 0 Å². The summed E-state index contributed by atoms with van der Waals surface area (Å²) in [4.78, 5) is 13.4. The maximum Gasteiger partial charge on any atom is 0.208 e. The molecule has 3 aliphatic carbocycles. The summed E-state index contributed by atoms with van der Waals surface area (Å²) in [5, 5.41) is 43.5. The number of hydrogen-bond acceptors (Lipinski definition) is 7. The molecular formula is C24H33N3O5. The summed E-state index contributed by atoms with van der Waals surface area (Å²) in [5.41, 5.74) is -2.13. The van der Waals surface area contributed by atoms with Crippen molar-refractivity contribution in [3.8, 4) is 0 Å². The molecule has 2 saturated heterocycles. The summed E-state index contributed by atoms with van der Waals surface area (Å²) in [6, 6.07) is -0.193. The number of rotatable bonds is 3. The minimum Gasteiger partial charge on any atom is -0.391 e. The van der Waals surface area contributed by atoms with E-state index in [2.05, 4.69) is 23.0 Å². The van der Waals surface area contributed by atoms with Crippen LogP contribution in [0.15, 0.2) is 36.7 Å². The lowest BCUT2D eigenvalue weighted by Gasteiger charge is -2.74. The van der Waals surface area contributed by atoms with Gasteiger partial charge in [0.05, 0.1) is 24.9 Å². The molecule has 174 valence electrons. The Hall–Kier alpha value is -1.87. The van der Waals surface area contributed by atoms with Crippen LogP contribution in [0.4, 0.5) is 0 Å². The molecule has 2 saturated carbocycles. The number of aliphatic hydroxyl groups excluding tert-OH is 2. The third kappa shape index (κ3) is 2.24. The largest absolute Gasteiger partial charge is 0.391 e. The number of hydrogen-bond donors (Lipinski definition) is 3. The van der Waals surface area contributed by atoms with E-state index in [1.165, 1.54) is 6.92 Å². The number of carbonyl (C=O) groups is 1. The zero-order valence-corrected chi connectivity index (χ0v) is 19.1. The van der Waals surface area contributed by atoms with Gasteiger partial charge in [-0.25, -0.2) is 4.68 Å². The Balaban J connectivity index is 1.74. The Bertz CT molecular complexity index is 990. The molecule has 1 aromatic rings. The van der Waals surface area contributed by atoms with E-state index in [0.29, 0.717) is 12.8 Å². The van der Waals surface area contributed by atoms with Gasteiger partial charge in [-0.15, -0.1) is 5.10 Å². The van der Waals surface area contributed by atoms with Gasteiger partial charge in [0.1, 0.15) is 17.3 Å². The number of Topliss-reactive ketones (excluding diaryl/α,β-unsaturated/α-hetero) is 1. The van der Waals surface area contributed by atoms with Crippen LogP contribution in [0.1, 0.15) is 46.6 Å². The molecule has 32 heavy (non-hydrogen) atoms. The Kier molecular flexibility index (Phi) is 4.52. The number of allylic oxidation sites excluding steroid dienone is 1. The van der Waals surface area contributed by atoms with Gasteiger partial charge in [-0.1, -0.05) is 43.4 Å². The Morgan fingerprint density at radius 2 is 1.94 bits per heavy atom. The standard InChI is InChI=1S/C24H33N3O5/c1-13(2)15-6-7-16-22-9-8-17(27-11-10-25-26-27)21(4,5)18(22)20(30)24(31,32-12-22)23(16,14(3)28)19(15)29/h8-11,15-20,29-31H,1,6-7,12H2,2-5H3/t15-,16-,17?,18+,19+,20-,22+,23+,24-/m0/s1. The highest BCUT2D eigenvalue weighted by atomic mass is 16.6. The smallest absolute Gasteiger partial charge is 0.208 e. The molecular weight excluding hydrogens is 410 g/mol. The van der Waals surface area contributed by atoms with E-state index in [-0.39, 0.29) is 30.3 Å². The zero-order chi connectivity index (χ0) is 23.3. The van der Waals surface area contributed by atoms with E-state index in [0.717, 1.165) is 5.57 Å². The van der Waals surface area contributed by atoms with Gasteiger partial charge >= 0.3 is 0 Å². The molecule has 3 heterocycles. The van der Waals surface area contributed by atoms with Crippen LogP contribution in [0.5, 0.6) is 0 Å². The number of carbonyl (C=O) groups excluding carboxylic acids is 1. The maximum absolute atomic E-state index is 13.4. The maximum atomic E-state index is 13.4. The van der Waals surface area contributed by atoms with Gasteiger partial charge in [0.2, 0.25) is 5.79 Å². The minimum absolute atomic E-state index is 0.180. The molecule has 1 aromatic heterocycles. The topological polar surface area (TPSA) is 118 Å². The van der Waals surface area contributed by atoms with Gasteiger partial charge < -0.3 is 20.1 Å². The Morgan fingerprint density at radius 1 is 1.22 bits per heavy atom. The number of aromatic nitrogens is 3. The quantitative estimate of drug-likeness (QED) is 0.608. The number of ether oxygens (including phenoxy) is 1. The minimum atomic E-state index is -2.20. The average molecular weight is 444 g/mol. The van der Waals surface area contributed by atoms with Crippen molar-refractivity contribution < 1.29 is 24.9 Å². The molecule has 0 aromatic carbocycles. The highest BCUT2D eigenvalue weighted by molar-refractivity contribution is 5.86. The van der Waals surface area contributed by atoms with Crippen LogP contribution in [0, 0.1) is 34.0 Å². The Labute approximate surface area is 188 Å². The van der Waals surface area contributed by atoms with Crippen molar-refractivity contribution in [2.45, 2.75) is 64.6 Å². The third-order valence-corrected chi connectivity index (χ3v) is 9.34. The molecule has 9 atom stereocenters. The fraction of sp³-hybridized carbons (Fsp3) is 0.708. The molecule has 8 nitrogen and oxygen atoms in total. The molecule has 5 aliphatic rings. The number of aliphatic hydroxyl groups is 3. The average Bonchev–Trinajstić information content (AvgIpc) is 3.23. The van der Waals surface area contributed by atoms with Gasteiger partial charge in [-0.2, -0.15) is 0 Å². The van der Waals surface area contributed by atoms with E-state index in [9.17, 15) is 20.1 Å². The number of fused-ring (bicyclic) bond motifs is 1. The lowest BCUT2D eigenvalue weighted by molar-refractivity contribution is -0.441. The van der Waals surface area contributed by atoms with Crippen molar-refractivity contribution >= 4 is 5.78 Å². The van der Waals surface area contributed by atoms with Crippen LogP contribution in [0.2, 0.25) is 0 Å². The van der Waals surface area contributed by atoms with E-state index < -0.39 is 40.2 Å². The zero-order valence-electron chi connectivity index (χ0n) is 19.1. The van der Waals surface area contributed by atoms with Crippen LogP contribution in [-0.4, -0.2) is 60.7 Å². The van der Waals surface area contributed by atoms with Crippen molar-refractivity contribution in [3.63, 3.8) is 0 Å². The molecule has 1 unspecified atom stereocenters. The molecule has 2 bridgehead atoms. The SMILES string of the molecule is C=C(C)[C@@H]1CC[C@H]2[C@]34C=CC(n5ccnn5)C(C)(C)[C@H]3[C@H](O)[C@](O)(OC4)[C@@]2(C(C)=O)[C@@H]1O. The lowest BCUT2D eigenvalue weighted by atomic mass is 9.35. The highest BCUT2D eigenvalue weighted by Gasteiger charge is 2.82. The summed E-state index contributed by atoms with van der Waals surface area (Å²) >= 11 is 0. The second kappa shape index (κ2) is 6.59. The van der Waals surface area contributed by atoms with Crippen molar-refractivity contribution in [3.05, 3.63) is 36.7 Å². The first-order valence-corrected chi connectivity index (χ1v) is 11.4. The summed E-state index contributed by atoms with van der Waals surface area (Å²) < 4.78 is 7.76. The van der Waals surface area contributed by atoms with Gasteiger partial charge in [-0.05, 0) is 38.0 Å². The molecule has 4 fully saturated rings. The van der Waals surface area contributed by atoms with Crippen molar-refractivity contribution in [2.75, 3.05) is 6.61 Å². The molecule has 6 rings (SSSR count). The Morgan fingerprint density at radius 3 is 2.53 bits per heavy atom. The summed E-state index contributed by atoms with van der Waals surface area (Å²) in [7, 11) is 0. The number of nitrogens with zero attached hydrogens (tertiary/aromatic N) is 3. The molecule has 1 spiro atoms. The van der Waals surface area contributed by atoms with Gasteiger partial charge in [-0.3, -0.25) is 4.79 Å².